The maximum atomic E-state index is 13.8. The summed E-state index contributed by atoms with van der Waals surface area (Å²) in [6.45, 7) is 2.29. The van der Waals surface area contributed by atoms with Crippen LogP contribution in [0.5, 0.6) is 5.75 Å². The minimum absolute atomic E-state index is 0.113. The second-order valence-electron chi connectivity index (χ2n) is 8.93. The number of carbonyl (C=O) groups excluding carboxylic acids is 1. The topological polar surface area (TPSA) is 41.6 Å². The van der Waals surface area contributed by atoms with Crippen LogP contribution in [-0.2, 0) is 4.79 Å². The fraction of sp³-hybridized carbons (Fsp3) is 0.321. The zero-order valence-electron chi connectivity index (χ0n) is 19.2. The van der Waals surface area contributed by atoms with Crippen LogP contribution in [0.3, 0.4) is 0 Å². The fourth-order valence-electron chi connectivity index (χ4n) is 5.10. The summed E-state index contributed by atoms with van der Waals surface area (Å²) in [6, 6.07) is 22.7. The molecule has 1 heterocycles. The number of amides is 1. The van der Waals surface area contributed by atoms with Crippen LogP contribution in [0.15, 0.2) is 71.6 Å². The first kappa shape index (κ1) is 21.9. The summed E-state index contributed by atoms with van der Waals surface area (Å²) in [5.74, 6) is 1.39. The number of rotatable bonds is 5. The molecule has 2 aliphatic rings. The molecule has 3 aromatic rings. The van der Waals surface area contributed by atoms with Gasteiger partial charge in [-0.15, -0.1) is 0 Å². The van der Waals surface area contributed by atoms with Gasteiger partial charge >= 0.3 is 0 Å². The number of hydrogen-bond acceptors (Lipinski definition) is 4. The SMILES string of the molecule is COc1ccc2ccccc2c1/C=C1\SC(Nc2ccccc2)N([C@H]2CCCC[C@H]2C)C1=O. The van der Waals surface area contributed by atoms with Gasteiger partial charge in [-0.2, -0.15) is 0 Å². The van der Waals surface area contributed by atoms with E-state index in [0.717, 1.165) is 39.1 Å². The van der Waals surface area contributed by atoms with Crippen molar-refractivity contribution in [1.82, 2.24) is 4.90 Å². The van der Waals surface area contributed by atoms with E-state index in [1.807, 2.05) is 42.5 Å². The summed E-state index contributed by atoms with van der Waals surface area (Å²) in [4.78, 5) is 16.7. The average molecular weight is 459 g/mol. The number of carbonyl (C=O) groups is 1. The molecule has 4 nitrogen and oxygen atoms in total. The normalized spacial score (nSPS) is 24.4. The maximum absolute atomic E-state index is 13.8. The molecular weight excluding hydrogens is 428 g/mol. The number of hydrogen-bond donors (Lipinski definition) is 1. The Morgan fingerprint density at radius 3 is 2.55 bits per heavy atom. The first-order valence-electron chi connectivity index (χ1n) is 11.7. The van der Waals surface area contributed by atoms with Crippen molar-refractivity contribution in [3.63, 3.8) is 0 Å². The standard InChI is InChI=1S/C28H30N2O2S/c1-19-10-6-9-15-24(19)30-27(31)26(33-28(30)29-21-12-4-3-5-13-21)18-23-22-14-8-7-11-20(22)16-17-25(23)32-2/h3-5,7-8,11-14,16-19,24,28-29H,6,9-10,15H2,1-2H3/b26-18-/t19-,24+,28?/m1/s1. The number of para-hydroxylation sites is 1. The molecule has 1 aliphatic carbocycles. The molecule has 170 valence electrons. The van der Waals surface area contributed by atoms with Crippen molar-refractivity contribution in [2.45, 2.75) is 44.1 Å². The zero-order valence-corrected chi connectivity index (χ0v) is 20.0. The van der Waals surface area contributed by atoms with E-state index in [2.05, 4.69) is 47.5 Å². The van der Waals surface area contributed by atoms with Gasteiger partial charge in [-0.3, -0.25) is 4.79 Å². The van der Waals surface area contributed by atoms with Crippen LogP contribution in [0, 0.1) is 5.92 Å². The fourth-order valence-corrected chi connectivity index (χ4v) is 6.29. The number of anilines is 1. The lowest BCUT2D eigenvalue weighted by Crippen LogP contribution is -2.48. The largest absolute Gasteiger partial charge is 0.496 e. The number of benzene rings is 3. The number of nitrogens with zero attached hydrogens (tertiary/aromatic N) is 1. The highest BCUT2D eigenvalue weighted by atomic mass is 32.2. The summed E-state index contributed by atoms with van der Waals surface area (Å²) in [6.07, 6.45) is 6.69. The van der Waals surface area contributed by atoms with Gasteiger partial charge < -0.3 is 15.0 Å². The molecule has 1 amide bonds. The molecule has 1 saturated carbocycles. The molecule has 0 bridgehead atoms. The minimum Gasteiger partial charge on any atom is -0.496 e. The van der Waals surface area contributed by atoms with Crippen molar-refractivity contribution in [2.24, 2.45) is 5.92 Å². The van der Waals surface area contributed by atoms with Crippen molar-refractivity contribution in [3.8, 4) is 5.75 Å². The molecule has 0 aromatic heterocycles. The second kappa shape index (κ2) is 9.52. The number of methoxy groups -OCH3 is 1. The Morgan fingerprint density at radius 1 is 1.00 bits per heavy atom. The third-order valence-corrected chi connectivity index (χ3v) is 7.96. The molecule has 3 atom stereocenters. The van der Waals surface area contributed by atoms with Crippen LogP contribution in [0.4, 0.5) is 5.69 Å². The minimum atomic E-state index is -0.127. The van der Waals surface area contributed by atoms with E-state index in [0.29, 0.717) is 5.92 Å². The summed E-state index contributed by atoms with van der Waals surface area (Å²) < 4.78 is 5.69. The van der Waals surface area contributed by atoms with Crippen molar-refractivity contribution in [1.29, 1.82) is 0 Å². The van der Waals surface area contributed by atoms with Gasteiger partial charge in [0.15, 0.2) is 5.50 Å². The molecule has 0 radical (unpaired) electrons. The predicted octanol–water partition coefficient (Wildman–Crippen LogP) is 6.74. The van der Waals surface area contributed by atoms with Gasteiger partial charge in [0.25, 0.3) is 5.91 Å². The van der Waals surface area contributed by atoms with Crippen LogP contribution < -0.4 is 10.1 Å². The number of ether oxygens (including phenoxy) is 1. The van der Waals surface area contributed by atoms with Gasteiger partial charge in [-0.1, -0.05) is 80.1 Å². The highest BCUT2D eigenvalue weighted by Gasteiger charge is 2.43. The Morgan fingerprint density at radius 2 is 1.76 bits per heavy atom. The van der Waals surface area contributed by atoms with Crippen LogP contribution in [0.1, 0.15) is 38.2 Å². The van der Waals surface area contributed by atoms with Gasteiger partial charge in [0.05, 0.1) is 12.0 Å². The molecule has 1 unspecified atom stereocenters. The van der Waals surface area contributed by atoms with E-state index in [9.17, 15) is 4.79 Å². The summed E-state index contributed by atoms with van der Waals surface area (Å²) in [5, 5.41) is 5.85. The quantitative estimate of drug-likeness (QED) is 0.430. The Bertz CT molecular complexity index is 1180. The molecule has 1 saturated heterocycles. The van der Waals surface area contributed by atoms with Crippen molar-refractivity contribution >= 4 is 40.2 Å². The maximum Gasteiger partial charge on any atom is 0.262 e. The van der Waals surface area contributed by atoms with Gasteiger partial charge in [0, 0.05) is 17.3 Å². The lowest BCUT2D eigenvalue weighted by Gasteiger charge is -2.39. The van der Waals surface area contributed by atoms with Crippen LogP contribution in [-0.4, -0.2) is 29.5 Å². The van der Waals surface area contributed by atoms with E-state index >= 15 is 0 Å². The molecule has 1 N–H and O–H groups in total. The third-order valence-electron chi connectivity index (χ3n) is 6.85. The Hall–Kier alpha value is -2.92. The van der Waals surface area contributed by atoms with E-state index in [-0.39, 0.29) is 17.4 Å². The van der Waals surface area contributed by atoms with Gasteiger partial charge in [0.2, 0.25) is 0 Å². The summed E-state index contributed by atoms with van der Waals surface area (Å²) in [5.41, 5.74) is 1.86. The molecule has 0 spiro atoms. The second-order valence-corrected chi connectivity index (χ2v) is 10.1. The van der Waals surface area contributed by atoms with Crippen molar-refractivity contribution in [2.75, 3.05) is 12.4 Å². The monoisotopic (exact) mass is 458 g/mol. The number of fused-ring (bicyclic) bond motifs is 1. The van der Waals surface area contributed by atoms with E-state index < -0.39 is 0 Å². The Kier molecular flexibility index (Phi) is 6.32. The number of thioether (sulfide) groups is 1. The molecule has 2 fully saturated rings. The summed E-state index contributed by atoms with van der Waals surface area (Å²) >= 11 is 1.61. The summed E-state index contributed by atoms with van der Waals surface area (Å²) in [7, 11) is 1.69. The molecule has 5 rings (SSSR count). The van der Waals surface area contributed by atoms with Crippen LogP contribution in [0.2, 0.25) is 0 Å². The van der Waals surface area contributed by atoms with E-state index in [1.54, 1.807) is 18.9 Å². The first-order valence-corrected chi connectivity index (χ1v) is 12.6. The molecule has 33 heavy (non-hydrogen) atoms. The molecule has 3 aromatic carbocycles. The van der Waals surface area contributed by atoms with Crippen LogP contribution >= 0.6 is 11.8 Å². The number of nitrogens with one attached hydrogen (secondary N) is 1. The highest BCUT2D eigenvalue weighted by molar-refractivity contribution is 8.05. The lowest BCUT2D eigenvalue weighted by molar-refractivity contribution is -0.129. The smallest absolute Gasteiger partial charge is 0.262 e. The van der Waals surface area contributed by atoms with Crippen molar-refractivity contribution in [3.05, 3.63) is 77.2 Å². The molecular formula is C28H30N2O2S. The predicted molar refractivity (Wildman–Crippen MR) is 138 cm³/mol. The highest BCUT2D eigenvalue weighted by Crippen LogP contribution is 2.43. The molecule has 5 heteroatoms. The van der Waals surface area contributed by atoms with Gasteiger partial charge in [-0.25, -0.2) is 0 Å². The van der Waals surface area contributed by atoms with E-state index in [1.165, 1.54) is 19.3 Å². The molecule has 1 aliphatic heterocycles. The third kappa shape index (κ3) is 4.34. The first-order chi connectivity index (χ1) is 16.2. The van der Waals surface area contributed by atoms with Crippen LogP contribution in [0.25, 0.3) is 16.8 Å². The average Bonchev–Trinajstić information content (AvgIpc) is 3.14. The van der Waals surface area contributed by atoms with Gasteiger partial charge in [0.1, 0.15) is 5.75 Å². The van der Waals surface area contributed by atoms with Gasteiger partial charge in [-0.05, 0) is 53.8 Å². The lowest BCUT2D eigenvalue weighted by atomic mass is 9.85. The van der Waals surface area contributed by atoms with E-state index in [4.69, 9.17) is 4.74 Å². The zero-order chi connectivity index (χ0) is 22.8. The van der Waals surface area contributed by atoms with Crippen molar-refractivity contribution < 1.29 is 9.53 Å². The Balaban J connectivity index is 1.55. The Labute approximate surface area is 200 Å².